The van der Waals surface area contributed by atoms with E-state index in [1.54, 1.807) is 6.20 Å². The minimum Gasteiger partial charge on any atom is -0.355 e. The van der Waals surface area contributed by atoms with Crippen LogP contribution in [0, 0.1) is 11.2 Å². The second kappa shape index (κ2) is 7.16. The lowest BCUT2D eigenvalue weighted by Crippen LogP contribution is -2.59. The molecule has 0 aliphatic carbocycles. The molecule has 5 rings (SSSR count). The lowest BCUT2D eigenvalue weighted by Gasteiger charge is -2.46. The first-order valence-corrected chi connectivity index (χ1v) is 11.2. The van der Waals surface area contributed by atoms with Crippen molar-refractivity contribution < 1.29 is 21.6 Å². The first-order valence-electron chi connectivity index (χ1n) is 9.74. The summed E-state index contributed by atoms with van der Waals surface area (Å²) in [7, 11) is -3.89. The molecule has 12 heteroatoms. The number of sulfonamides is 1. The van der Waals surface area contributed by atoms with Gasteiger partial charge in [-0.15, -0.1) is 0 Å². The van der Waals surface area contributed by atoms with Crippen molar-refractivity contribution in [2.75, 3.05) is 31.1 Å². The van der Waals surface area contributed by atoms with Crippen LogP contribution in [0.1, 0.15) is 6.42 Å². The fraction of sp³-hybridized carbons (Fsp3) is 0.421. The van der Waals surface area contributed by atoms with E-state index in [2.05, 4.69) is 15.1 Å². The van der Waals surface area contributed by atoms with Crippen LogP contribution in [-0.2, 0) is 16.6 Å². The fourth-order valence-electron chi connectivity index (χ4n) is 4.31. The number of alkyl halides is 2. The molecule has 0 unspecified atom stereocenters. The van der Waals surface area contributed by atoms with Gasteiger partial charge in [0.1, 0.15) is 28.6 Å². The van der Waals surface area contributed by atoms with Gasteiger partial charge in [-0.25, -0.2) is 36.2 Å². The highest BCUT2D eigenvalue weighted by Crippen LogP contribution is 2.43. The molecule has 1 aromatic carbocycles. The van der Waals surface area contributed by atoms with Gasteiger partial charge in [0.2, 0.25) is 10.0 Å². The van der Waals surface area contributed by atoms with Crippen LogP contribution in [0.3, 0.4) is 0 Å². The topological polar surface area (TPSA) is 84.2 Å². The Hall–Kier alpha value is -2.73. The second-order valence-electron chi connectivity index (χ2n) is 8.03. The molecule has 164 valence electrons. The van der Waals surface area contributed by atoms with Gasteiger partial charge in [0, 0.05) is 31.6 Å². The maximum atomic E-state index is 14.0. The fourth-order valence-corrected chi connectivity index (χ4v) is 6.04. The molecule has 0 saturated carbocycles. The van der Waals surface area contributed by atoms with E-state index >= 15 is 0 Å². The standard InChI is InChI=1S/C19H19F3N6O2S/c20-13-3-1-2-4-15(13)31(29,30)27-11-19(12-27)5-6-26(10-19)17-8-23-14-7-24-28(9-16(21)22)18(14)25-17/h1-4,7-8,16H,5-6,9-12H2. The van der Waals surface area contributed by atoms with Gasteiger partial charge in [-0.3, -0.25) is 0 Å². The van der Waals surface area contributed by atoms with Crippen LogP contribution in [0.15, 0.2) is 41.6 Å². The number of anilines is 1. The van der Waals surface area contributed by atoms with E-state index in [4.69, 9.17) is 0 Å². The smallest absolute Gasteiger partial charge is 0.258 e. The summed E-state index contributed by atoms with van der Waals surface area (Å²) < 4.78 is 67.4. The van der Waals surface area contributed by atoms with Gasteiger partial charge in [-0.2, -0.15) is 9.40 Å². The number of aromatic nitrogens is 4. The molecule has 2 aromatic heterocycles. The molecule has 0 amide bonds. The zero-order chi connectivity index (χ0) is 21.8. The lowest BCUT2D eigenvalue weighted by atomic mass is 9.81. The Bertz CT molecular complexity index is 1240. The highest BCUT2D eigenvalue weighted by atomic mass is 32.2. The monoisotopic (exact) mass is 452 g/mol. The van der Waals surface area contributed by atoms with Gasteiger partial charge in [0.25, 0.3) is 6.43 Å². The number of fused-ring (bicyclic) bond motifs is 1. The van der Waals surface area contributed by atoms with Crippen molar-refractivity contribution in [2.45, 2.75) is 24.3 Å². The van der Waals surface area contributed by atoms with E-state index in [-0.39, 0.29) is 16.0 Å². The Labute approximate surface area is 176 Å². The van der Waals surface area contributed by atoms with Crippen molar-refractivity contribution >= 4 is 27.0 Å². The summed E-state index contributed by atoms with van der Waals surface area (Å²) in [6.07, 6.45) is 1.16. The molecule has 2 aliphatic rings. The largest absolute Gasteiger partial charge is 0.355 e. The van der Waals surface area contributed by atoms with Gasteiger partial charge in [0.15, 0.2) is 5.65 Å². The Morgan fingerprint density at radius 3 is 2.65 bits per heavy atom. The van der Waals surface area contributed by atoms with Crippen molar-refractivity contribution in [1.82, 2.24) is 24.1 Å². The summed E-state index contributed by atoms with van der Waals surface area (Å²) >= 11 is 0. The third-order valence-corrected chi connectivity index (χ3v) is 7.71. The molecule has 3 aromatic rings. The minimum absolute atomic E-state index is 0.252. The van der Waals surface area contributed by atoms with Crippen LogP contribution in [0.25, 0.3) is 11.2 Å². The molecule has 0 atom stereocenters. The first-order chi connectivity index (χ1) is 14.8. The number of halogens is 3. The molecule has 0 bridgehead atoms. The predicted molar refractivity (Wildman–Crippen MR) is 106 cm³/mol. The van der Waals surface area contributed by atoms with Gasteiger partial charge < -0.3 is 4.90 Å². The summed E-state index contributed by atoms with van der Waals surface area (Å²) in [5.74, 6) is -0.226. The second-order valence-corrected chi connectivity index (χ2v) is 9.94. The van der Waals surface area contributed by atoms with Crippen molar-refractivity contribution in [1.29, 1.82) is 0 Å². The van der Waals surface area contributed by atoms with E-state index in [0.29, 0.717) is 37.5 Å². The summed E-state index contributed by atoms with van der Waals surface area (Å²) in [5.41, 5.74) is 0.471. The molecule has 31 heavy (non-hydrogen) atoms. The van der Waals surface area contributed by atoms with Crippen LogP contribution in [-0.4, -0.2) is 65.1 Å². The minimum atomic E-state index is -3.89. The molecule has 0 N–H and O–H groups in total. The maximum absolute atomic E-state index is 14.0. The van der Waals surface area contributed by atoms with Gasteiger partial charge in [-0.05, 0) is 18.6 Å². The summed E-state index contributed by atoms with van der Waals surface area (Å²) in [6.45, 7) is 1.21. The SMILES string of the molecule is O=S(=O)(c1ccccc1F)N1CC2(CCN(c3cnc4cnn(CC(F)F)c4n3)C2)C1. The average Bonchev–Trinajstić information content (AvgIpc) is 3.31. The van der Waals surface area contributed by atoms with Gasteiger partial charge in [0.05, 0.1) is 12.4 Å². The third-order valence-electron chi connectivity index (χ3n) is 5.88. The molecule has 4 heterocycles. The van der Waals surface area contributed by atoms with E-state index in [1.165, 1.54) is 28.7 Å². The van der Waals surface area contributed by atoms with Crippen LogP contribution in [0.4, 0.5) is 19.0 Å². The molecular formula is C19H19F3N6O2S. The van der Waals surface area contributed by atoms with Gasteiger partial charge in [-0.1, -0.05) is 12.1 Å². The Kier molecular flexibility index (Phi) is 4.66. The molecule has 8 nitrogen and oxygen atoms in total. The summed E-state index contributed by atoms with van der Waals surface area (Å²) in [6, 6.07) is 5.35. The number of rotatable bonds is 5. The van der Waals surface area contributed by atoms with Crippen molar-refractivity contribution in [2.24, 2.45) is 5.41 Å². The van der Waals surface area contributed by atoms with Crippen LogP contribution >= 0.6 is 0 Å². The normalized spacial score (nSPS) is 18.9. The molecule has 0 radical (unpaired) electrons. The lowest BCUT2D eigenvalue weighted by molar-refractivity contribution is 0.0933. The molecule has 2 saturated heterocycles. The molecule has 1 spiro atoms. The van der Waals surface area contributed by atoms with Crippen LogP contribution in [0.2, 0.25) is 0 Å². The summed E-state index contributed by atoms with van der Waals surface area (Å²) in [4.78, 5) is 10.4. The van der Waals surface area contributed by atoms with E-state index in [9.17, 15) is 21.6 Å². The Balaban J connectivity index is 1.32. The maximum Gasteiger partial charge on any atom is 0.258 e. The van der Waals surface area contributed by atoms with Crippen molar-refractivity contribution in [3.63, 3.8) is 0 Å². The van der Waals surface area contributed by atoms with Crippen molar-refractivity contribution in [3.05, 3.63) is 42.5 Å². The highest BCUT2D eigenvalue weighted by molar-refractivity contribution is 7.89. The quantitative estimate of drug-likeness (QED) is 0.590. The van der Waals surface area contributed by atoms with E-state index in [0.717, 1.165) is 17.2 Å². The zero-order valence-corrected chi connectivity index (χ0v) is 17.1. The van der Waals surface area contributed by atoms with Crippen LogP contribution < -0.4 is 4.90 Å². The predicted octanol–water partition coefficient (Wildman–Crippen LogP) is 2.13. The number of nitrogens with zero attached hydrogens (tertiary/aromatic N) is 6. The van der Waals surface area contributed by atoms with Crippen LogP contribution in [0.5, 0.6) is 0 Å². The molecule has 2 aliphatic heterocycles. The zero-order valence-electron chi connectivity index (χ0n) is 16.3. The third kappa shape index (κ3) is 3.43. The number of hydrogen-bond donors (Lipinski definition) is 0. The van der Waals surface area contributed by atoms with E-state index < -0.39 is 28.8 Å². The highest BCUT2D eigenvalue weighted by Gasteiger charge is 2.52. The first kappa shape index (κ1) is 20.2. The number of hydrogen-bond acceptors (Lipinski definition) is 6. The summed E-state index contributed by atoms with van der Waals surface area (Å²) in [5, 5.41) is 3.92. The van der Waals surface area contributed by atoms with Gasteiger partial charge >= 0.3 is 0 Å². The Morgan fingerprint density at radius 2 is 1.90 bits per heavy atom. The van der Waals surface area contributed by atoms with E-state index in [1.807, 2.05) is 4.90 Å². The molecular weight excluding hydrogens is 433 g/mol. The average molecular weight is 452 g/mol. The van der Waals surface area contributed by atoms with Crippen molar-refractivity contribution in [3.8, 4) is 0 Å². The molecule has 2 fully saturated rings. The number of benzene rings is 1. The Morgan fingerprint density at radius 1 is 1.13 bits per heavy atom.